The summed E-state index contributed by atoms with van der Waals surface area (Å²) in [5.74, 6) is 1.86. The fraction of sp³-hybridized carbons (Fsp3) is 0.516. The lowest BCUT2D eigenvalue weighted by Crippen LogP contribution is -2.22. The lowest BCUT2D eigenvalue weighted by Gasteiger charge is -2.20. The van der Waals surface area contributed by atoms with Gasteiger partial charge in [0.2, 0.25) is 0 Å². The van der Waals surface area contributed by atoms with Crippen LogP contribution in [0.4, 0.5) is 0 Å². The van der Waals surface area contributed by atoms with Crippen molar-refractivity contribution < 1.29 is 23.7 Å². The Morgan fingerprint density at radius 3 is 2.47 bits per heavy atom. The average Bonchev–Trinajstić information content (AvgIpc) is 3.03. The van der Waals surface area contributed by atoms with Crippen molar-refractivity contribution in [3.63, 3.8) is 0 Å². The average molecular weight is 495 g/mol. The molecule has 0 aromatic heterocycles. The minimum absolute atomic E-state index is 0.229. The van der Waals surface area contributed by atoms with Gasteiger partial charge < -0.3 is 18.9 Å². The van der Waals surface area contributed by atoms with E-state index in [-0.39, 0.29) is 5.97 Å². The minimum atomic E-state index is -0.462. The fourth-order valence-corrected chi connectivity index (χ4v) is 4.72. The van der Waals surface area contributed by atoms with Gasteiger partial charge in [0.15, 0.2) is 11.5 Å². The highest BCUT2D eigenvalue weighted by Crippen LogP contribution is 2.37. The molecule has 0 aliphatic heterocycles. The summed E-state index contributed by atoms with van der Waals surface area (Å²) in [7, 11) is 1.71. The standard InChI is InChI=1S/C31H42O5/c1-6-34-28-19-26(18-27(22-33-5)30(28)35-21-25-11-8-7-9-12-25)17-23-13-10-14-24(16-15-23)20-29(32)36-31(2,3)4/h7-9,11-12,18-20,23H,6,10,13-17,21-22H2,1-5H3. The molecule has 5 nitrogen and oxygen atoms in total. The summed E-state index contributed by atoms with van der Waals surface area (Å²) in [6.45, 7) is 9.21. The van der Waals surface area contributed by atoms with Crippen molar-refractivity contribution in [2.45, 2.75) is 85.0 Å². The van der Waals surface area contributed by atoms with Crippen LogP contribution in [0.5, 0.6) is 11.5 Å². The van der Waals surface area contributed by atoms with Crippen LogP contribution in [0.2, 0.25) is 0 Å². The van der Waals surface area contributed by atoms with Crippen molar-refractivity contribution in [3.05, 3.63) is 70.8 Å². The van der Waals surface area contributed by atoms with Gasteiger partial charge in [0, 0.05) is 18.7 Å². The molecule has 2 aromatic rings. The highest BCUT2D eigenvalue weighted by molar-refractivity contribution is 5.83. The summed E-state index contributed by atoms with van der Waals surface area (Å²) >= 11 is 0. The molecule has 0 amide bonds. The SMILES string of the molecule is CCOc1cc(CC2CCCC(=CC(=O)OC(C)(C)C)CC2)cc(COC)c1OCc1ccccc1. The molecule has 5 heteroatoms. The molecule has 3 rings (SSSR count). The van der Waals surface area contributed by atoms with Crippen LogP contribution < -0.4 is 9.47 Å². The van der Waals surface area contributed by atoms with E-state index in [0.29, 0.717) is 25.7 Å². The van der Waals surface area contributed by atoms with Gasteiger partial charge in [-0.3, -0.25) is 0 Å². The molecule has 0 spiro atoms. The van der Waals surface area contributed by atoms with E-state index in [9.17, 15) is 4.79 Å². The van der Waals surface area contributed by atoms with Crippen molar-refractivity contribution in [1.29, 1.82) is 0 Å². The fourth-order valence-electron chi connectivity index (χ4n) is 4.72. The Morgan fingerprint density at radius 1 is 1.00 bits per heavy atom. The Bertz CT molecular complexity index is 976. The molecule has 1 unspecified atom stereocenters. The second-order valence-electron chi connectivity index (χ2n) is 10.6. The molecule has 2 aromatic carbocycles. The maximum absolute atomic E-state index is 12.2. The van der Waals surface area contributed by atoms with Crippen LogP contribution in [0.15, 0.2) is 54.1 Å². The summed E-state index contributed by atoms with van der Waals surface area (Å²) in [6.07, 6.45) is 7.87. The van der Waals surface area contributed by atoms with Gasteiger partial charge in [-0.15, -0.1) is 0 Å². The first-order valence-corrected chi connectivity index (χ1v) is 13.1. The predicted octanol–water partition coefficient (Wildman–Crippen LogP) is 7.20. The summed E-state index contributed by atoms with van der Waals surface area (Å²) in [5, 5.41) is 0. The molecule has 196 valence electrons. The highest BCUT2D eigenvalue weighted by atomic mass is 16.6. The van der Waals surface area contributed by atoms with Crippen LogP contribution in [0.3, 0.4) is 0 Å². The number of benzene rings is 2. The normalized spacial score (nSPS) is 17.5. The zero-order valence-corrected chi connectivity index (χ0v) is 22.6. The Kier molecular flexibility index (Phi) is 10.4. The summed E-state index contributed by atoms with van der Waals surface area (Å²) in [5.41, 5.74) is 4.10. The molecule has 1 aliphatic rings. The smallest absolute Gasteiger partial charge is 0.331 e. The number of hydrogen-bond acceptors (Lipinski definition) is 5. The van der Waals surface area contributed by atoms with Gasteiger partial charge in [0.25, 0.3) is 0 Å². The van der Waals surface area contributed by atoms with Crippen LogP contribution in [-0.2, 0) is 33.9 Å². The molecule has 36 heavy (non-hydrogen) atoms. The largest absolute Gasteiger partial charge is 0.490 e. The molecule has 1 atom stereocenters. The van der Waals surface area contributed by atoms with E-state index in [4.69, 9.17) is 18.9 Å². The first-order chi connectivity index (χ1) is 17.3. The quantitative estimate of drug-likeness (QED) is 0.199. The number of allylic oxidation sites excluding steroid dienone is 1. The third-order valence-electron chi connectivity index (χ3n) is 6.25. The van der Waals surface area contributed by atoms with E-state index in [0.717, 1.165) is 61.2 Å². The highest BCUT2D eigenvalue weighted by Gasteiger charge is 2.21. The molecule has 0 saturated heterocycles. The van der Waals surface area contributed by atoms with Crippen LogP contribution in [0.25, 0.3) is 0 Å². The number of rotatable bonds is 10. The van der Waals surface area contributed by atoms with Crippen molar-refractivity contribution in [2.24, 2.45) is 5.92 Å². The number of carbonyl (C=O) groups excluding carboxylic acids is 1. The number of ether oxygens (including phenoxy) is 4. The first-order valence-electron chi connectivity index (χ1n) is 13.1. The lowest BCUT2D eigenvalue weighted by molar-refractivity contribution is -0.148. The molecule has 1 aliphatic carbocycles. The number of methoxy groups -OCH3 is 1. The van der Waals surface area contributed by atoms with Crippen LogP contribution in [0, 0.1) is 5.92 Å². The van der Waals surface area contributed by atoms with Crippen LogP contribution in [0.1, 0.15) is 76.5 Å². The predicted molar refractivity (Wildman–Crippen MR) is 143 cm³/mol. The first kappa shape index (κ1) is 27.8. The zero-order chi connectivity index (χ0) is 26.0. The maximum Gasteiger partial charge on any atom is 0.331 e. The Hall–Kier alpha value is -2.79. The Labute approximate surface area is 216 Å². The van der Waals surface area contributed by atoms with Gasteiger partial charge in [-0.1, -0.05) is 35.9 Å². The molecule has 0 bridgehead atoms. The maximum atomic E-state index is 12.2. The number of esters is 1. The third kappa shape index (κ3) is 9.02. The Morgan fingerprint density at radius 2 is 1.78 bits per heavy atom. The van der Waals surface area contributed by atoms with E-state index in [1.165, 1.54) is 11.1 Å². The third-order valence-corrected chi connectivity index (χ3v) is 6.25. The van der Waals surface area contributed by atoms with Gasteiger partial charge in [-0.05, 0) is 95.4 Å². The van der Waals surface area contributed by atoms with Gasteiger partial charge >= 0.3 is 5.97 Å². The number of hydrogen-bond donors (Lipinski definition) is 0. The van der Waals surface area contributed by atoms with Crippen molar-refractivity contribution >= 4 is 5.97 Å². The van der Waals surface area contributed by atoms with Crippen molar-refractivity contribution in [2.75, 3.05) is 13.7 Å². The molecule has 1 saturated carbocycles. The number of carbonyl (C=O) groups is 1. The van der Waals surface area contributed by atoms with Gasteiger partial charge in [0.1, 0.15) is 12.2 Å². The molecular formula is C31H42O5. The van der Waals surface area contributed by atoms with Gasteiger partial charge in [-0.25, -0.2) is 4.79 Å². The van der Waals surface area contributed by atoms with Crippen molar-refractivity contribution in [1.82, 2.24) is 0 Å². The monoisotopic (exact) mass is 494 g/mol. The van der Waals surface area contributed by atoms with E-state index in [2.05, 4.69) is 24.3 Å². The molecule has 0 radical (unpaired) electrons. The van der Waals surface area contributed by atoms with Crippen LogP contribution >= 0.6 is 0 Å². The van der Waals surface area contributed by atoms with E-state index < -0.39 is 5.60 Å². The summed E-state index contributed by atoms with van der Waals surface area (Å²) in [6, 6.07) is 14.5. The van der Waals surface area contributed by atoms with Crippen molar-refractivity contribution in [3.8, 4) is 11.5 Å². The topological polar surface area (TPSA) is 54.0 Å². The van der Waals surface area contributed by atoms with E-state index in [1.54, 1.807) is 13.2 Å². The zero-order valence-electron chi connectivity index (χ0n) is 22.6. The lowest BCUT2D eigenvalue weighted by atomic mass is 9.91. The van der Waals surface area contributed by atoms with Gasteiger partial charge in [-0.2, -0.15) is 0 Å². The van der Waals surface area contributed by atoms with Crippen LogP contribution in [-0.4, -0.2) is 25.3 Å². The minimum Gasteiger partial charge on any atom is -0.490 e. The second kappa shape index (κ2) is 13.5. The van der Waals surface area contributed by atoms with E-state index in [1.807, 2.05) is 45.9 Å². The molecular weight excluding hydrogens is 452 g/mol. The summed E-state index contributed by atoms with van der Waals surface area (Å²) < 4.78 is 23.3. The second-order valence-corrected chi connectivity index (χ2v) is 10.6. The van der Waals surface area contributed by atoms with Gasteiger partial charge in [0.05, 0.1) is 13.2 Å². The summed E-state index contributed by atoms with van der Waals surface area (Å²) in [4.78, 5) is 12.2. The Balaban J connectivity index is 1.72. The van der Waals surface area contributed by atoms with E-state index >= 15 is 0 Å². The molecule has 0 heterocycles. The molecule has 1 fully saturated rings. The molecule has 0 N–H and O–H groups in total.